The number of anilines is 1. The molecule has 0 radical (unpaired) electrons. The van der Waals surface area contributed by atoms with Gasteiger partial charge in [0.25, 0.3) is 0 Å². The molecule has 1 aliphatic heterocycles. The highest BCUT2D eigenvalue weighted by Gasteiger charge is 2.31. The number of aromatic nitrogens is 2. The quantitative estimate of drug-likeness (QED) is 0.595. The number of thioether (sulfide) groups is 1. The number of rotatable bonds is 4. The minimum atomic E-state index is -4.50. The van der Waals surface area contributed by atoms with Gasteiger partial charge in [-0.1, -0.05) is 35.5 Å². The number of nitrogens with one attached hydrogen (secondary N) is 2. The van der Waals surface area contributed by atoms with E-state index in [9.17, 15) is 18.0 Å². The summed E-state index contributed by atoms with van der Waals surface area (Å²) in [4.78, 5) is 21.2. The van der Waals surface area contributed by atoms with Gasteiger partial charge in [-0.15, -0.1) is 0 Å². The first kappa shape index (κ1) is 21.5. The molecule has 1 aliphatic rings. The summed E-state index contributed by atoms with van der Waals surface area (Å²) in [6.07, 6.45) is -3.18. The Morgan fingerprint density at radius 2 is 2.06 bits per heavy atom. The zero-order valence-electron chi connectivity index (χ0n) is 16.0. The lowest BCUT2D eigenvalue weighted by Gasteiger charge is -2.19. The Labute approximate surface area is 184 Å². The molecule has 0 saturated carbocycles. The van der Waals surface area contributed by atoms with Gasteiger partial charge >= 0.3 is 6.18 Å². The van der Waals surface area contributed by atoms with Crippen LogP contribution in [0.25, 0.3) is 11.0 Å². The molecule has 2 N–H and O–H groups in total. The molecule has 2 aromatic carbocycles. The number of hydrogen-bond donors (Lipinski definition) is 2. The van der Waals surface area contributed by atoms with E-state index in [1.807, 2.05) is 35.9 Å². The highest BCUT2D eigenvalue weighted by atomic mass is 35.5. The second kappa shape index (κ2) is 8.40. The molecule has 1 unspecified atom stereocenters. The van der Waals surface area contributed by atoms with Crippen LogP contribution in [0.5, 0.6) is 0 Å². The molecular formula is C19H16ClF3N6OS. The van der Waals surface area contributed by atoms with Gasteiger partial charge in [0.15, 0.2) is 5.17 Å². The topological polar surface area (TPSA) is 74.6 Å². The zero-order valence-corrected chi connectivity index (χ0v) is 17.6. The number of hydrazine groups is 1. The summed E-state index contributed by atoms with van der Waals surface area (Å²) in [5.41, 5.74) is 4.08. The lowest BCUT2D eigenvalue weighted by molar-refractivity contribution is -0.137. The normalized spacial score (nSPS) is 16.9. The van der Waals surface area contributed by atoms with Crippen molar-refractivity contribution in [2.45, 2.75) is 12.5 Å². The van der Waals surface area contributed by atoms with E-state index < -0.39 is 17.6 Å². The first-order valence-corrected chi connectivity index (χ1v) is 10.4. The van der Waals surface area contributed by atoms with E-state index in [2.05, 4.69) is 20.7 Å². The van der Waals surface area contributed by atoms with Crippen molar-refractivity contribution >= 4 is 51.2 Å². The Hall–Kier alpha value is -2.76. The number of amidine groups is 1. The number of carbonyl (C=O) groups is 1. The number of imidazole rings is 1. The largest absolute Gasteiger partial charge is 0.416 e. The average Bonchev–Trinajstić information content (AvgIpc) is 3.30. The molecule has 2 heterocycles. The summed E-state index contributed by atoms with van der Waals surface area (Å²) < 4.78 is 40.1. The van der Waals surface area contributed by atoms with E-state index >= 15 is 0 Å². The molecule has 1 atom stereocenters. The number of para-hydroxylation sites is 2. The van der Waals surface area contributed by atoms with Crippen LogP contribution in [0.2, 0.25) is 5.02 Å². The van der Waals surface area contributed by atoms with Crippen LogP contribution in [-0.4, -0.2) is 38.4 Å². The van der Waals surface area contributed by atoms with E-state index in [0.29, 0.717) is 5.17 Å². The van der Waals surface area contributed by atoms with E-state index in [-0.39, 0.29) is 22.8 Å². The molecule has 1 amide bonds. The van der Waals surface area contributed by atoms with Crippen molar-refractivity contribution in [2.24, 2.45) is 4.99 Å². The van der Waals surface area contributed by atoms with Crippen molar-refractivity contribution in [1.82, 2.24) is 20.0 Å². The summed E-state index contributed by atoms with van der Waals surface area (Å²) >= 11 is 7.04. The van der Waals surface area contributed by atoms with Crippen molar-refractivity contribution in [1.29, 1.82) is 0 Å². The van der Waals surface area contributed by atoms with Gasteiger partial charge in [0.05, 0.1) is 39.4 Å². The minimum Gasteiger partial charge on any atom is -0.324 e. The molecular weight excluding hydrogens is 453 g/mol. The maximum Gasteiger partial charge on any atom is 0.416 e. The Kier molecular flexibility index (Phi) is 5.82. The third kappa shape index (κ3) is 4.63. The van der Waals surface area contributed by atoms with Crippen LogP contribution in [0.15, 0.2) is 53.8 Å². The SMILES string of the molecule is CN1NC(SCC(=O)Nc2ccc(C(F)(F)F)cc2Cl)=NC1n1cnc2ccccc21. The third-order valence-electron chi connectivity index (χ3n) is 4.49. The Balaban J connectivity index is 1.39. The molecule has 31 heavy (non-hydrogen) atoms. The van der Waals surface area contributed by atoms with Gasteiger partial charge in [0, 0.05) is 7.05 Å². The molecule has 3 aromatic rings. The summed E-state index contributed by atoms with van der Waals surface area (Å²) in [6, 6.07) is 10.4. The molecule has 0 fully saturated rings. The van der Waals surface area contributed by atoms with E-state index in [4.69, 9.17) is 11.6 Å². The molecule has 0 saturated heterocycles. The van der Waals surface area contributed by atoms with Crippen LogP contribution in [0.3, 0.4) is 0 Å². The predicted octanol–water partition coefficient (Wildman–Crippen LogP) is 4.34. The van der Waals surface area contributed by atoms with Crippen LogP contribution in [-0.2, 0) is 11.0 Å². The molecule has 162 valence electrons. The number of alkyl halides is 3. The summed E-state index contributed by atoms with van der Waals surface area (Å²) in [5.74, 6) is -0.427. The van der Waals surface area contributed by atoms with Crippen molar-refractivity contribution in [2.75, 3.05) is 18.1 Å². The molecule has 0 aliphatic carbocycles. The number of aliphatic imine (C=N–C) groups is 1. The van der Waals surface area contributed by atoms with Crippen LogP contribution in [0, 0.1) is 0 Å². The average molecular weight is 469 g/mol. The second-order valence-corrected chi connectivity index (χ2v) is 8.04. The molecule has 0 spiro atoms. The predicted molar refractivity (Wildman–Crippen MR) is 115 cm³/mol. The van der Waals surface area contributed by atoms with Crippen molar-refractivity contribution < 1.29 is 18.0 Å². The Morgan fingerprint density at radius 1 is 1.29 bits per heavy atom. The van der Waals surface area contributed by atoms with Crippen LogP contribution in [0.4, 0.5) is 18.9 Å². The van der Waals surface area contributed by atoms with Gasteiger partial charge in [-0.2, -0.15) is 18.2 Å². The van der Waals surface area contributed by atoms with Gasteiger partial charge in [0.2, 0.25) is 12.2 Å². The van der Waals surface area contributed by atoms with E-state index in [1.54, 1.807) is 11.3 Å². The number of amides is 1. The first-order chi connectivity index (χ1) is 14.7. The van der Waals surface area contributed by atoms with Crippen LogP contribution < -0.4 is 10.7 Å². The Morgan fingerprint density at radius 3 is 2.81 bits per heavy atom. The lowest BCUT2D eigenvalue weighted by Crippen LogP contribution is -2.35. The van der Waals surface area contributed by atoms with Crippen LogP contribution >= 0.6 is 23.4 Å². The van der Waals surface area contributed by atoms with E-state index in [1.165, 1.54) is 0 Å². The summed E-state index contributed by atoms with van der Waals surface area (Å²) in [6.45, 7) is 0. The number of carbonyl (C=O) groups excluding carboxylic acids is 1. The molecule has 1 aromatic heterocycles. The third-order valence-corrected chi connectivity index (χ3v) is 5.68. The second-order valence-electron chi connectivity index (χ2n) is 6.67. The standard InChI is InChI=1S/C19H16ClF3N6OS/c1-28-18(29-10-24-14-4-2-3-5-15(14)29)26-17(27-28)31-9-16(30)25-13-7-6-11(8-12(13)20)19(21,22)23/h2-8,10,18H,9H2,1H3,(H,25,30)(H,26,27). The highest BCUT2D eigenvalue weighted by Crippen LogP contribution is 2.34. The van der Waals surface area contributed by atoms with Gasteiger partial charge in [-0.05, 0) is 30.3 Å². The summed E-state index contributed by atoms with van der Waals surface area (Å²) in [7, 11) is 1.82. The monoisotopic (exact) mass is 468 g/mol. The fourth-order valence-corrected chi connectivity index (χ4v) is 3.97. The van der Waals surface area contributed by atoms with Crippen molar-refractivity contribution in [3.8, 4) is 0 Å². The summed E-state index contributed by atoms with van der Waals surface area (Å²) in [5, 5.41) is 4.64. The van der Waals surface area contributed by atoms with Crippen LogP contribution in [0.1, 0.15) is 11.9 Å². The van der Waals surface area contributed by atoms with E-state index in [0.717, 1.165) is 41.0 Å². The fourth-order valence-electron chi connectivity index (χ4n) is 3.02. The zero-order chi connectivity index (χ0) is 22.2. The number of nitrogens with zero attached hydrogens (tertiary/aromatic N) is 4. The highest BCUT2D eigenvalue weighted by molar-refractivity contribution is 8.14. The smallest absolute Gasteiger partial charge is 0.324 e. The molecule has 0 bridgehead atoms. The van der Waals surface area contributed by atoms with Crippen molar-refractivity contribution in [3.63, 3.8) is 0 Å². The number of fused-ring (bicyclic) bond motifs is 1. The van der Waals surface area contributed by atoms with Gasteiger partial charge in [0.1, 0.15) is 0 Å². The maximum atomic E-state index is 12.7. The Bertz CT molecular complexity index is 1160. The molecule has 4 rings (SSSR count). The number of halogens is 4. The van der Waals surface area contributed by atoms with Gasteiger partial charge in [-0.3, -0.25) is 14.8 Å². The molecule has 7 nitrogen and oxygen atoms in total. The van der Waals surface area contributed by atoms with Gasteiger partial charge in [-0.25, -0.2) is 9.98 Å². The maximum absolute atomic E-state index is 12.7. The first-order valence-electron chi connectivity index (χ1n) is 9.00. The minimum absolute atomic E-state index is 0.00553. The molecule has 12 heteroatoms. The lowest BCUT2D eigenvalue weighted by atomic mass is 10.2. The number of hydrogen-bond acceptors (Lipinski definition) is 6. The number of benzene rings is 2. The fraction of sp³-hybridized carbons (Fsp3) is 0.211. The van der Waals surface area contributed by atoms with Crippen molar-refractivity contribution in [3.05, 3.63) is 59.4 Å². The van der Waals surface area contributed by atoms with Gasteiger partial charge < -0.3 is 5.32 Å².